The van der Waals surface area contributed by atoms with Crippen LogP contribution in [0.1, 0.15) is 24.5 Å². The van der Waals surface area contributed by atoms with Gasteiger partial charge in [0.1, 0.15) is 0 Å². The van der Waals surface area contributed by atoms with Crippen molar-refractivity contribution in [1.82, 2.24) is 4.90 Å². The standard InChI is InChI=1S/C13H15F3N2/c1-2-6-18(10-13(14,15)16)9-12-5-3-4-11(7-12)8-17/h3-5,7H,2,6,9-10H2,1H3. The molecule has 0 saturated heterocycles. The third kappa shape index (κ3) is 5.19. The summed E-state index contributed by atoms with van der Waals surface area (Å²) in [7, 11) is 0. The van der Waals surface area contributed by atoms with Crippen LogP contribution >= 0.6 is 0 Å². The summed E-state index contributed by atoms with van der Waals surface area (Å²) in [4.78, 5) is 1.34. The quantitative estimate of drug-likeness (QED) is 0.808. The third-order valence-electron chi connectivity index (χ3n) is 2.40. The van der Waals surface area contributed by atoms with Crippen LogP contribution in [0.4, 0.5) is 13.2 Å². The van der Waals surface area contributed by atoms with Crippen molar-refractivity contribution in [1.29, 1.82) is 5.26 Å². The lowest BCUT2D eigenvalue weighted by molar-refractivity contribution is -0.147. The molecule has 0 radical (unpaired) electrons. The van der Waals surface area contributed by atoms with Gasteiger partial charge in [-0.3, -0.25) is 4.90 Å². The molecule has 0 aliphatic heterocycles. The second-order valence-electron chi connectivity index (χ2n) is 4.14. The van der Waals surface area contributed by atoms with E-state index in [1.165, 1.54) is 4.90 Å². The van der Waals surface area contributed by atoms with Gasteiger partial charge in [-0.1, -0.05) is 19.1 Å². The van der Waals surface area contributed by atoms with Crippen LogP contribution in [0.15, 0.2) is 24.3 Å². The van der Waals surface area contributed by atoms with Gasteiger partial charge in [0, 0.05) is 6.54 Å². The molecule has 98 valence electrons. The molecule has 0 heterocycles. The van der Waals surface area contributed by atoms with Crippen molar-refractivity contribution in [3.05, 3.63) is 35.4 Å². The average Bonchev–Trinajstić information content (AvgIpc) is 2.27. The molecule has 0 N–H and O–H groups in total. The molecule has 0 aliphatic rings. The van der Waals surface area contributed by atoms with Gasteiger partial charge in [0.25, 0.3) is 0 Å². The first kappa shape index (κ1) is 14.5. The van der Waals surface area contributed by atoms with E-state index in [4.69, 9.17) is 5.26 Å². The number of nitrogens with zero attached hydrogens (tertiary/aromatic N) is 2. The number of hydrogen-bond acceptors (Lipinski definition) is 2. The van der Waals surface area contributed by atoms with Crippen molar-refractivity contribution in [2.45, 2.75) is 26.1 Å². The van der Waals surface area contributed by atoms with Crippen molar-refractivity contribution in [3.8, 4) is 6.07 Å². The number of halogens is 3. The molecule has 5 heteroatoms. The highest BCUT2D eigenvalue weighted by Crippen LogP contribution is 2.18. The van der Waals surface area contributed by atoms with Crippen LogP contribution in [0.3, 0.4) is 0 Å². The molecule has 2 nitrogen and oxygen atoms in total. The molecule has 0 amide bonds. The van der Waals surface area contributed by atoms with Crippen molar-refractivity contribution < 1.29 is 13.2 Å². The first-order valence-electron chi connectivity index (χ1n) is 5.72. The predicted molar refractivity (Wildman–Crippen MR) is 62.8 cm³/mol. The Balaban J connectivity index is 2.73. The Kier molecular flexibility index (Phi) is 5.17. The summed E-state index contributed by atoms with van der Waals surface area (Å²) >= 11 is 0. The minimum absolute atomic E-state index is 0.211. The normalized spacial score (nSPS) is 11.6. The summed E-state index contributed by atoms with van der Waals surface area (Å²) in [6.07, 6.45) is -3.53. The summed E-state index contributed by atoms with van der Waals surface area (Å²) in [6, 6.07) is 8.66. The number of alkyl halides is 3. The fourth-order valence-corrected chi connectivity index (χ4v) is 1.78. The molecule has 0 aliphatic carbocycles. The van der Waals surface area contributed by atoms with E-state index in [9.17, 15) is 13.2 Å². The largest absolute Gasteiger partial charge is 0.401 e. The van der Waals surface area contributed by atoms with Crippen molar-refractivity contribution >= 4 is 0 Å². The zero-order valence-corrected chi connectivity index (χ0v) is 10.2. The lowest BCUT2D eigenvalue weighted by Gasteiger charge is -2.23. The van der Waals surface area contributed by atoms with Crippen molar-refractivity contribution in [3.63, 3.8) is 0 Å². The summed E-state index contributed by atoms with van der Waals surface area (Å²) in [5.74, 6) is 0. The topological polar surface area (TPSA) is 27.0 Å². The lowest BCUT2D eigenvalue weighted by atomic mass is 10.1. The molecule has 1 rings (SSSR count). The molecule has 0 atom stereocenters. The molecule has 1 aromatic rings. The van der Waals surface area contributed by atoms with Crippen LogP contribution in [-0.4, -0.2) is 24.2 Å². The summed E-state index contributed by atoms with van der Waals surface area (Å²) in [5, 5.41) is 8.74. The van der Waals surface area contributed by atoms with Crippen molar-refractivity contribution in [2.24, 2.45) is 0 Å². The highest BCUT2D eigenvalue weighted by Gasteiger charge is 2.30. The molecule has 0 fully saturated rings. The lowest BCUT2D eigenvalue weighted by Crippen LogP contribution is -2.34. The molecule has 0 bridgehead atoms. The Morgan fingerprint density at radius 3 is 2.61 bits per heavy atom. The average molecular weight is 256 g/mol. The Labute approximate surface area is 105 Å². The Hall–Kier alpha value is -1.54. The van der Waals surface area contributed by atoms with Crippen LogP contribution in [0, 0.1) is 11.3 Å². The van der Waals surface area contributed by atoms with E-state index in [1.54, 1.807) is 24.3 Å². The highest BCUT2D eigenvalue weighted by atomic mass is 19.4. The van der Waals surface area contributed by atoms with Gasteiger partial charge in [-0.25, -0.2) is 0 Å². The molecular weight excluding hydrogens is 241 g/mol. The van der Waals surface area contributed by atoms with E-state index in [0.717, 1.165) is 5.56 Å². The number of hydrogen-bond donors (Lipinski definition) is 0. The first-order valence-corrected chi connectivity index (χ1v) is 5.72. The molecule has 0 saturated carbocycles. The zero-order valence-electron chi connectivity index (χ0n) is 10.2. The molecule has 0 spiro atoms. The monoisotopic (exact) mass is 256 g/mol. The van der Waals surface area contributed by atoms with E-state index < -0.39 is 12.7 Å². The van der Waals surface area contributed by atoms with Crippen LogP contribution in [0.2, 0.25) is 0 Å². The molecule has 1 aromatic carbocycles. The van der Waals surface area contributed by atoms with Gasteiger partial charge in [0.05, 0.1) is 18.2 Å². The van der Waals surface area contributed by atoms with Gasteiger partial charge in [-0.2, -0.15) is 18.4 Å². The second-order valence-corrected chi connectivity index (χ2v) is 4.14. The maximum absolute atomic E-state index is 12.4. The smallest absolute Gasteiger partial charge is 0.291 e. The SMILES string of the molecule is CCCN(Cc1cccc(C#N)c1)CC(F)(F)F. The van der Waals surface area contributed by atoms with Gasteiger partial charge in [0.15, 0.2) is 0 Å². The van der Waals surface area contributed by atoms with E-state index >= 15 is 0 Å². The van der Waals surface area contributed by atoms with Crippen LogP contribution < -0.4 is 0 Å². The highest BCUT2D eigenvalue weighted by molar-refractivity contribution is 5.32. The van der Waals surface area contributed by atoms with Gasteiger partial charge in [-0.15, -0.1) is 0 Å². The molecule has 0 aromatic heterocycles. The number of benzene rings is 1. The van der Waals surface area contributed by atoms with Crippen LogP contribution in [0.5, 0.6) is 0 Å². The maximum atomic E-state index is 12.4. The summed E-state index contributed by atoms with van der Waals surface area (Å²) in [6.45, 7) is 1.52. The van der Waals surface area contributed by atoms with Crippen LogP contribution in [0.25, 0.3) is 0 Å². The molecular formula is C13H15F3N2. The Bertz CT molecular complexity index is 421. The van der Waals surface area contributed by atoms with E-state index in [1.807, 2.05) is 13.0 Å². The minimum atomic E-state index is -4.19. The van der Waals surface area contributed by atoms with Gasteiger partial charge < -0.3 is 0 Å². The minimum Gasteiger partial charge on any atom is -0.291 e. The van der Waals surface area contributed by atoms with E-state index in [0.29, 0.717) is 18.5 Å². The van der Waals surface area contributed by atoms with Gasteiger partial charge >= 0.3 is 6.18 Å². The summed E-state index contributed by atoms with van der Waals surface area (Å²) in [5.41, 5.74) is 1.20. The third-order valence-corrected chi connectivity index (χ3v) is 2.40. The summed E-state index contributed by atoms with van der Waals surface area (Å²) < 4.78 is 37.1. The maximum Gasteiger partial charge on any atom is 0.401 e. The van der Waals surface area contributed by atoms with E-state index in [2.05, 4.69) is 0 Å². The Morgan fingerprint density at radius 2 is 2.06 bits per heavy atom. The van der Waals surface area contributed by atoms with E-state index in [-0.39, 0.29) is 6.54 Å². The molecule has 18 heavy (non-hydrogen) atoms. The van der Waals surface area contributed by atoms with Gasteiger partial charge in [0.2, 0.25) is 0 Å². The first-order chi connectivity index (χ1) is 8.44. The fourth-order valence-electron chi connectivity index (χ4n) is 1.78. The number of rotatable bonds is 5. The number of nitriles is 1. The van der Waals surface area contributed by atoms with Gasteiger partial charge in [-0.05, 0) is 30.7 Å². The zero-order chi connectivity index (χ0) is 13.6. The predicted octanol–water partition coefficient (Wildman–Crippen LogP) is 3.33. The van der Waals surface area contributed by atoms with Crippen molar-refractivity contribution in [2.75, 3.05) is 13.1 Å². The van der Waals surface area contributed by atoms with Crippen LogP contribution in [-0.2, 0) is 6.54 Å². The molecule has 0 unspecified atom stereocenters. The Morgan fingerprint density at radius 1 is 1.33 bits per heavy atom. The fraction of sp³-hybridized carbons (Fsp3) is 0.462. The second kappa shape index (κ2) is 6.41.